The van der Waals surface area contributed by atoms with Crippen LogP contribution in [0.5, 0.6) is 11.5 Å². The van der Waals surface area contributed by atoms with E-state index < -0.39 is 0 Å². The number of benzene rings is 2. The third kappa shape index (κ3) is 3.19. The van der Waals surface area contributed by atoms with Crippen molar-refractivity contribution in [3.8, 4) is 11.5 Å². The second kappa shape index (κ2) is 6.14. The minimum atomic E-state index is 0.720. The highest BCUT2D eigenvalue weighted by Crippen LogP contribution is 2.29. The fourth-order valence-electron chi connectivity index (χ4n) is 2.03. The topological polar surface area (TPSA) is 30.5 Å². The fraction of sp³-hybridized carbons (Fsp3) is 0.250. The quantitative estimate of drug-likeness (QED) is 0.887. The molecular formula is C16H19NO2. The Balaban J connectivity index is 2.18. The number of hydrogen-bond acceptors (Lipinski definition) is 3. The molecule has 0 saturated heterocycles. The highest BCUT2D eigenvalue weighted by molar-refractivity contribution is 5.49. The summed E-state index contributed by atoms with van der Waals surface area (Å²) in [5.41, 5.74) is 3.32. The summed E-state index contributed by atoms with van der Waals surface area (Å²) >= 11 is 0. The van der Waals surface area contributed by atoms with Gasteiger partial charge in [-0.15, -0.1) is 0 Å². The summed E-state index contributed by atoms with van der Waals surface area (Å²) < 4.78 is 10.7. The van der Waals surface area contributed by atoms with Crippen LogP contribution in [0.15, 0.2) is 42.5 Å². The van der Waals surface area contributed by atoms with Gasteiger partial charge in [0.05, 0.1) is 14.2 Å². The van der Waals surface area contributed by atoms with E-state index in [4.69, 9.17) is 9.47 Å². The van der Waals surface area contributed by atoms with E-state index in [0.29, 0.717) is 0 Å². The van der Waals surface area contributed by atoms with E-state index in [1.165, 1.54) is 0 Å². The first-order valence-corrected chi connectivity index (χ1v) is 6.25. The first-order chi connectivity index (χ1) is 9.24. The molecule has 0 saturated carbocycles. The highest BCUT2D eigenvalue weighted by Gasteiger charge is 2.08. The molecule has 0 atom stereocenters. The number of anilines is 1. The first-order valence-electron chi connectivity index (χ1n) is 6.25. The van der Waals surface area contributed by atoms with Crippen LogP contribution in [0.4, 0.5) is 5.69 Å². The molecule has 0 aliphatic rings. The molecule has 0 fully saturated rings. The maximum atomic E-state index is 5.41. The second-order valence-corrected chi connectivity index (χ2v) is 4.35. The van der Waals surface area contributed by atoms with Crippen LogP contribution < -0.4 is 14.8 Å². The largest absolute Gasteiger partial charge is 0.496 e. The third-order valence-corrected chi connectivity index (χ3v) is 3.05. The van der Waals surface area contributed by atoms with Gasteiger partial charge in [-0.2, -0.15) is 0 Å². The van der Waals surface area contributed by atoms with Gasteiger partial charge in [-0.05, 0) is 30.7 Å². The molecule has 0 bridgehead atoms. The molecule has 0 aliphatic heterocycles. The minimum Gasteiger partial charge on any atom is -0.496 e. The first kappa shape index (κ1) is 13.3. The van der Waals surface area contributed by atoms with Gasteiger partial charge in [0, 0.05) is 23.9 Å². The molecule has 19 heavy (non-hydrogen) atoms. The lowest BCUT2D eigenvalue weighted by Crippen LogP contribution is -2.03. The molecule has 3 heteroatoms. The molecule has 0 amide bonds. The van der Waals surface area contributed by atoms with Gasteiger partial charge in [0.1, 0.15) is 11.5 Å². The average molecular weight is 257 g/mol. The molecule has 0 heterocycles. The molecule has 0 aliphatic carbocycles. The number of methoxy groups -OCH3 is 2. The van der Waals surface area contributed by atoms with E-state index >= 15 is 0 Å². The van der Waals surface area contributed by atoms with E-state index in [9.17, 15) is 0 Å². The monoisotopic (exact) mass is 257 g/mol. The number of rotatable bonds is 5. The summed E-state index contributed by atoms with van der Waals surface area (Å²) in [4.78, 5) is 0. The molecule has 3 nitrogen and oxygen atoms in total. The Morgan fingerprint density at radius 2 is 1.63 bits per heavy atom. The van der Waals surface area contributed by atoms with Crippen molar-refractivity contribution in [1.29, 1.82) is 0 Å². The van der Waals surface area contributed by atoms with Crippen LogP contribution in [0.2, 0.25) is 0 Å². The summed E-state index contributed by atoms with van der Waals surface area (Å²) in [6, 6.07) is 14.1. The van der Waals surface area contributed by atoms with Crippen molar-refractivity contribution in [2.75, 3.05) is 19.5 Å². The lowest BCUT2D eigenvalue weighted by molar-refractivity contribution is 0.389. The Bertz CT molecular complexity index is 538. The molecule has 2 aromatic rings. The van der Waals surface area contributed by atoms with Crippen LogP contribution >= 0.6 is 0 Å². The smallest absolute Gasteiger partial charge is 0.127 e. The molecule has 2 aromatic carbocycles. The van der Waals surface area contributed by atoms with Crippen LogP contribution in [0, 0.1) is 6.92 Å². The van der Waals surface area contributed by atoms with E-state index in [1.54, 1.807) is 14.2 Å². The molecule has 0 radical (unpaired) electrons. The van der Waals surface area contributed by atoms with Gasteiger partial charge >= 0.3 is 0 Å². The zero-order valence-corrected chi connectivity index (χ0v) is 11.6. The van der Waals surface area contributed by atoms with E-state index in [1.807, 2.05) is 43.3 Å². The summed E-state index contributed by atoms with van der Waals surface area (Å²) in [5, 5.41) is 3.38. The van der Waals surface area contributed by atoms with Crippen molar-refractivity contribution in [2.45, 2.75) is 13.5 Å². The molecule has 2 rings (SSSR count). The van der Waals surface area contributed by atoms with Crippen LogP contribution in [-0.2, 0) is 6.54 Å². The maximum absolute atomic E-state index is 5.41. The Labute approximate surface area is 114 Å². The lowest BCUT2D eigenvalue weighted by atomic mass is 10.1. The molecular weight excluding hydrogens is 238 g/mol. The standard InChI is InChI=1S/C16H19NO2/c1-12-9-13(16(19-3)10-15(12)18-2)11-17-14-7-5-4-6-8-14/h4-10,17H,11H2,1-3H3. The maximum Gasteiger partial charge on any atom is 0.127 e. The Kier molecular flexibility index (Phi) is 4.29. The van der Waals surface area contributed by atoms with Crippen molar-refractivity contribution in [2.24, 2.45) is 0 Å². The Morgan fingerprint density at radius 1 is 0.947 bits per heavy atom. The van der Waals surface area contributed by atoms with Crippen molar-refractivity contribution >= 4 is 5.69 Å². The van der Waals surface area contributed by atoms with Gasteiger partial charge in [0.15, 0.2) is 0 Å². The third-order valence-electron chi connectivity index (χ3n) is 3.05. The highest BCUT2D eigenvalue weighted by atomic mass is 16.5. The van der Waals surface area contributed by atoms with Gasteiger partial charge in [-0.1, -0.05) is 18.2 Å². The predicted octanol–water partition coefficient (Wildman–Crippen LogP) is 3.62. The number of hydrogen-bond donors (Lipinski definition) is 1. The van der Waals surface area contributed by atoms with Crippen molar-refractivity contribution in [3.05, 3.63) is 53.6 Å². The van der Waals surface area contributed by atoms with E-state index in [0.717, 1.165) is 34.9 Å². The Hall–Kier alpha value is -2.16. The summed E-state index contributed by atoms with van der Waals surface area (Å²) in [6.45, 7) is 2.75. The molecule has 1 N–H and O–H groups in total. The lowest BCUT2D eigenvalue weighted by Gasteiger charge is -2.14. The fourth-order valence-corrected chi connectivity index (χ4v) is 2.03. The number of nitrogens with one attached hydrogen (secondary N) is 1. The van der Waals surface area contributed by atoms with Crippen LogP contribution in [0.3, 0.4) is 0 Å². The van der Waals surface area contributed by atoms with Gasteiger partial charge < -0.3 is 14.8 Å². The van der Waals surface area contributed by atoms with Crippen LogP contribution in [0.1, 0.15) is 11.1 Å². The van der Waals surface area contributed by atoms with E-state index in [-0.39, 0.29) is 0 Å². The predicted molar refractivity (Wildman–Crippen MR) is 78.1 cm³/mol. The molecule has 0 unspecified atom stereocenters. The van der Waals surface area contributed by atoms with Crippen molar-refractivity contribution in [3.63, 3.8) is 0 Å². The molecule has 100 valence electrons. The van der Waals surface area contributed by atoms with E-state index in [2.05, 4.69) is 11.4 Å². The minimum absolute atomic E-state index is 0.720. The Morgan fingerprint density at radius 3 is 2.26 bits per heavy atom. The summed E-state index contributed by atoms with van der Waals surface area (Å²) in [7, 11) is 3.35. The second-order valence-electron chi connectivity index (χ2n) is 4.35. The molecule has 0 aromatic heterocycles. The molecule has 0 spiro atoms. The number of ether oxygens (including phenoxy) is 2. The number of para-hydroxylation sites is 1. The van der Waals surface area contributed by atoms with Crippen molar-refractivity contribution < 1.29 is 9.47 Å². The normalized spacial score (nSPS) is 10.1. The van der Waals surface area contributed by atoms with Crippen LogP contribution in [-0.4, -0.2) is 14.2 Å². The van der Waals surface area contributed by atoms with Gasteiger partial charge in [0.2, 0.25) is 0 Å². The summed E-state index contributed by atoms with van der Waals surface area (Å²) in [6.07, 6.45) is 0. The zero-order chi connectivity index (χ0) is 13.7. The van der Waals surface area contributed by atoms with Crippen LogP contribution in [0.25, 0.3) is 0 Å². The van der Waals surface area contributed by atoms with Gasteiger partial charge in [-0.3, -0.25) is 0 Å². The number of aryl methyl sites for hydroxylation is 1. The van der Waals surface area contributed by atoms with Gasteiger partial charge in [-0.25, -0.2) is 0 Å². The van der Waals surface area contributed by atoms with Gasteiger partial charge in [0.25, 0.3) is 0 Å². The zero-order valence-electron chi connectivity index (χ0n) is 11.6. The average Bonchev–Trinajstić information content (AvgIpc) is 2.46. The van der Waals surface area contributed by atoms with Crippen molar-refractivity contribution in [1.82, 2.24) is 0 Å². The summed E-state index contributed by atoms with van der Waals surface area (Å²) in [5.74, 6) is 1.69. The SMILES string of the molecule is COc1cc(OC)c(CNc2ccccc2)cc1C.